The molecule has 3 aromatic rings. The fraction of sp³-hybridized carbons (Fsp3) is 0.537. The molecule has 11 nitrogen and oxygen atoms in total. The van der Waals surface area contributed by atoms with Gasteiger partial charge in [0, 0.05) is 639 Å². The number of rotatable bonds is 11. The van der Waals surface area contributed by atoms with Gasteiger partial charge >= 0.3 is 49.4 Å². The summed E-state index contributed by atoms with van der Waals surface area (Å²) in [5.74, 6) is 7.85. The smallest absolute Gasteiger partial charge is 0 e. The van der Waals surface area contributed by atoms with E-state index in [0.29, 0.717) is 15.9 Å². The molecule has 25 radical (unpaired) electrons. The zero-order valence-corrected chi connectivity index (χ0v) is 132. The van der Waals surface area contributed by atoms with Crippen molar-refractivity contribution in [3.05, 3.63) is 132 Å². The molecule has 0 fully saturated rings. The monoisotopic (exact) mass is 4440 g/mol. The van der Waals surface area contributed by atoms with Gasteiger partial charge in [-0.25, -0.2) is 0 Å². The normalized spacial score (nSPS) is 6.28. The second kappa shape index (κ2) is 316. The molecule has 2 aromatic heterocycles. The summed E-state index contributed by atoms with van der Waals surface area (Å²) >= 11 is 18.1. The number of aryl methyl sites for hydroxylation is 3. The van der Waals surface area contributed by atoms with Gasteiger partial charge in [0.1, 0.15) is 5.72 Å². The molecule has 0 bridgehead atoms. The number of carbonyl (C=O) groups is 1. The van der Waals surface area contributed by atoms with Crippen molar-refractivity contribution >= 4 is 194 Å². The number of Topliss-reactive ketones (excluding diaryl/α,β-unsaturated/α-hetero) is 1. The summed E-state index contributed by atoms with van der Waals surface area (Å²) in [6.45, 7) is 22.1. The van der Waals surface area contributed by atoms with Crippen LogP contribution in [-0.2, 0) is 501 Å². The number of aromatic amines is 2. The number of nitrogens with zero attached hydrogens (tertiary/aromatic N) is 2. The SMILES string of the molecule is C.C.C.C.CC.CC.CC.CC1=CC=CC1.CC1=CCC=C1.CCCCc1c[c-]n[nH]1.C[C-]=O.Cc1ccccc1.IC(I)I.ICI.NN.O=[C-]CC(=O)CCCO.OCCCc1c[c-]n[nH]1.[CH2-]I.[CH3-].[I][V][I].[U].[U].[U].[U].[U].[V].[V].[V].[V].[V].[V].[V].[V].[V].[V].[V].[V].[V].[V].[V].[V].[V].[V].[V].[V].[V].[V].[V].[V].[V]. The molecule has 0 unspecified atom stereocenters. The maximum atomic E-state index is 10.4. The summed E-state index contributed by atoms with van der Waals surface area (Å²) in [5, 5.41) is 29.6. The molecule has 104 heavy (non-hydrogen) atoms. The van der Waals surface area contributed by atoms with Gasteiger partial charge in [-0.05, 0) is 46.5 Å². The van der Waals surface area contributed by atoms with Gasteiger partial charge in [-0.2, -0.15) is 19.1 Å². The van der Waals surface area contributed by atoms with E-state index in [2.05, 4.69) is 279 Å². The number of aromatic nitrogens is 4. The predicted molar refractivity (Wildman–Crippen MR) is 400 cm³/mol. The summed E-state index contributed by atoms with van der Waals surface area (Å²) in [6.07, 6.45) is 29.4. The van der Waals surface area contributed by atoms with Crippen molar-refractivity contribution in [3.8, 4) is 0 Å². The number of halogens is 8. The number of hydrogen-bond donors (Lipinski definition) is 6. The third-order valence-electron chi connectivity index (χ3n) is 6.15. The van der Waals surface area contributed by atoms with Crippen LogP contribution in [0.1, 0.15) is 167 Å². The third kappa shape index (κ3) is 352. The Balaban J connectivity index is -0.00000000832. The Hall–Kier alpha value is 21.7. The summed E-state index contributed by atoms with van der Waals surface area (Å²) in [6, 6.07) is 13.9. The van der Waals surface area contributed by atoms with E-state index in [1.807, 2.05) is 88.4 Å². The first kappa shape index (κ1) is 300. The molecule has 0 aliphatic heterocycles. The van der Waals surface area contributed by atoms with Crippen LogP contribution >= 0.6 is 176 Å². The van der Waals surface area contributed by atoms with E-state index in [1.54, 1.807) is 6.07 Å². The van der Waals surface area contributed by atoms with Crippen LogP contribution in [0.25, 0.3) is 0 Å². The van der Waals surface area contributed by atoms with Crippen LogP contribution < -0.4 is 11.7 Å². The molecule has 8 N–H and O–H groups in total. The number of nitrogens with one attached hydrogen (secondary N) is 2. The number of nitrogens with two attached hydrogens (primary N) is 2. The van der Waals surface area contributed by atoms with Crippen molar-refractivity contribution < 1.29 is 654 Å². The van der Waals surface area contributed by atoms with E-state index >= 15 is 0 Å². The molecule has 1 aromatic carbocycles. The van der Waals surface area contributed by atoms with Gasteiger partial charge in [-0.15, -0.1) is 23.8 Å². The van der Waals surface area contributed by atoms with E-state index < -0.39 is 0 Å². The standard InChI is InChI=1S/C7H11N2.C7H8.C6H9N2O.C6H9O3.2C6H8.C2H3O.3C2H6.CHI3.CH2I2.CH2I.4CH4.CH3.2HI.H4N2.5U.26V/c1-2-3-4-7-5-6-8-9-7;1-7-5-3-2-4-6-7;9-5-1-2-6-3-4-7-8-6;7-4-1-2-6(9)3-5-8;2*1-6-4-2-3-5-6;1-2-3;3*1-2;2-1(3)4;2-1-3;1-2;;;;;;;;1-2;;;;;;;;;;;;;;;;;;;;;;;;;;;;;;;/h5H,2-4H2,1H3,(H,8,9);2-6H,1H3;3,9H,1-2,5H2,(H,7,8);7H,1-4H2;2,4-5H,3H2,1H3;2-4H,5H2,1H3;1H3;3*1-2H3;1H;1H2;1H2;4*1H4;1H3;2*1H;1-2H2;;;;;;;;;;;;;;;;;;;;;;;;;;;;;;;/q-1;;2*-1;;;-1;;;;;;-1;;;;;-1;;;;;;;;;;;;;;;;;;;;;;;;;;;;;;;;;;+2/p-2. The molecular weight excluding hydrogens is 4340 g/mol. The average Bonchev–Trinajstić information content (AvgIpc) is 4.26. The van der Waals surface area contributed by atoms with Crippen molar-refractivity contribution in [2.75, 3.05) is 15.6 Å². The van der Waals surface area contributed by atoms with Gasteiger partial charge in [0.25, 0.3) is 0 Å². The van der Waals surface area contributed by atoms with Crippen molar-refractivity contribution in [2.24, 2.45) is 11.7 Å². The molecule has 2 heterocycles. The number of ketones is 1. The Morgan fingerprint density at radius 3 is 1.02 bits per heavy atom. The van der Waals surface area contributed by atoms with E-state index in [9.17, 15) is 9.59 Å². The number of allylic oxidation sites excluding steroid dienone is 8. The summed E-state index contributed by atoms with van der Waals surface area (Å²) in [5.41, 5.74) is 6.41. The van der Waals surface area contributed by atoms with Crippen molar-refractivity contribution in [1.82, 2.24) is 20.4 Å². The first-order valence-corrected chi connectivity index (χ1v) is 39.1. The average molecular weight is 4450 g/mol. The Morgan fingerprint density at radius 1 is 0.596 bits per heavy atom. The van der Waals surface area contributed by atoms with Gasteiger partial charge in [0.15, 0.2) is 0 Å². The first-order chi connectivity index (χ1) is 33.3. The minimum Gasteiger partial charge on any atom is 0 e. The predicted octanol–water partition coefficient (Wildman–Crippen LogP) is 19.6. The van der Waals surface area contributed by atoms with Gasteiger partial charge in [-0.1, -0.05) is 307 Å². The summed E-state index contributed by atoms with van der Waals surface area (Å²) in [7, 11) is 0.628. The number of hydrogen-bond acceptors (Lipinski definition) is 9. The molecule has 0 saturated carbocycles. The fourth-order valence-corrected chi connectivity index (χ4v) is 3.50. The van der Waals surface area contributed by atoms with Crippen LogP contribution in [0, 0.1) is 187 Å². The third-order valence-corrected chi connectivity index (χ3v) is 6.15. The van der Waals surface area contributed by atoms with Crippen LogP contribution in [0.2, 0.25) is 0 Å². The molecule has 0 amide bonds. The number of aliphatic hydroxyl groups excluding tert-OH is 2. The number of benzene rings is 1. The van der Waals surface area contributed by atoms with Crippen molar-refractivity contribution in [1.29, 1.82) is 0 Å². The number of hydrazine groups is 1. The summed E-state index contributed by atoms with van der Waals surface area (Å²) < 4.78 is 1.93. The number of unbranched alkanes of at least 4 members (excludes halogenated alkanes) is 1. The Labute approximate surface area is 1170 Å². The van der Waals surface area contributed by atoms with Gasteiger partial charge in [0.2, 0.25) is 0 Å². The van der Waals surface area contributed by atoms with Gasteiger partial charge < -0.3 is 75.0 Å². The first-order valence-electron chi connectivity index (χ1n) is 21.8. The summed E-state index contributed by atoms with van der Waals surface area (Å²) in [4.78, 5) is 31.9. The quantitative estimate of drug-likeness (QED) is 0.0270. The fourth-order valence-electron chi connectivity index (χ4n) is 3.50. The number of alkyl halides is 5. The van der Waals surface area contributed by atoms with E-state index in [-0.39, 0.29) is 688 Å². The number of carbonyl (C=O) groups excluding carboxylic acids is 3. The van der Waals surface area contributed by atoms with Crippen molar-refractivity contribution in [3.63, 3.8) is 0 Å². The molecular formula is C54H102I8N6O5U5V26-6. The van der Waals surface area contributed by atoms with Gasteiger partial charge in [0.05, 0.1) is 2.43 Å². The van der Waals surface area contributed by atoms with Gasteiger partial charge in [-0.3, -0.25) is 29.2 Å². The Bertz CT molecular complexity index is 1470. The molecule has 2 aliphatic rings. The maximum Gasteiger partial charge on any atom is 0 e. The van der Waals surface area contributed by atoms with Crippen LogP contribution in [0.5, 0.6) is 0 Å². The molecule has 0 saturated heterocycles. The zero-order valence-electron chi connectivity index (χ0n) is 57.3. The number of H-pyrrole nitrogens is 2. The molecule has 0 spiro atoms. The molecule has 0 atom stereocenters. The topological polar surface area (TPSA) is 201 Å². The minimum atomic E-state index is -0.154. The van der Waals surface area contributed by atoms with Crippen molar-refractivity contribution in [2.45, 2.75) is 170 Å². The van der Waals surface area contributed by atoms with E-state index in [1.165, 1.54) is 63.6 Å². The number of aliphatic hydroxyl groups is 2. The second-order valence-electron chi connectivity index (χ2n) is 11.2. The molecule has 5 rings (SSSR count). The second-order valence-corrected chi connectivity index (χ2v) is 38.3. The minimum absolute atomic E-state index is 0. The Kier molecular flexibility index (Phi) is 912. The van der Waals surface area contributed by atoms with E-state index in [0.717, 1.165) is 31.3 Å². The van der Waals surface area contributed by atoms with E-state index in [4.69, 9.17) is 15.0 Å². The van der Waals surface area contributed by atoms with Crippen LogP contribution in [-0.4, -0.2) is 64.5 Å². The Morgan fingerprint density at radius 2 is 0.875 bits per heavy atom. The van der Waals surface area contributed by atoms with Crippen LogP contribution in [0.3, 0.4) is 0 Å². The maximum absolute atomic E-state index is 10.4. The zero-order chi connectivity index (χ0) is 55.8. The molecule has 2 aliphatic carbocycles. The van der Waals surface area contributed by atoms with Crippen LogP contribution in [0.4, 0.5) is 0 Å². The van der Waals surface area contributed by atoms with Crippen LogP contribution in [0.15, 0.2) is 90.1 Å². The largest absolute Gasteiger partial charge is 0 e. The molecule has 50 heteroatoms. The molecule has 590 valence electrons.